The van der Waals surface area contributed by atoms with E-state index in [4.69, 9.17) is 26.5 Å². The smallest absolute Gasteiger partial charge is 0.323 e. The zero-order chi connectivity index (χ0) is 36.9. The van der Waals surface area contributed by atoms with Crippen molar-refractivity contribution in [3.05, 3.63) is 99.5 Å². The molecule has 5 rings (SSSR count). The minimum absolute atomic E-state index is 0.0429. The monoisotopic (exact) mass is 725 g/mol. The van der Waals surface area contributed by atoms with Crippen LogP contribution in [-0.2, 0) is 24.6 Å². The molecule has 1 aliphatic rings. The van der Waals surface area contributed by atoms with E-state index in [1.165, 1.54) is 38.3 Å². The summed E-state index contributed by atoms with van der Waals surface area (Å²) in [5.74, 6) is 0.229. The van der Waals surface area contributed by atoms with Gasteiger partial charge >= 0.3 is 5.97 Å². The van der Waals surface area contributed by atoms with Crippen LogP contribution in [-0.4, -0.2) is 76.1 Å². The van der Waals surface area contributed by atoms with Crippen molar-refractivity contribution >= 4 is 29.6 Å². The van der Waals surface area contributed by atoms with E-state index in [1.54, 1.807) is 30.6 Å². The number of aliphatic carboxylic acids is 1. The lowest BCUT2D eigenvalue weighted by Gasteiger charge is -2.19. The van der Waals surface area contributed by atoms with Gasteiger partial charge in [-0.1, -0.05) is 29.8 Å². The first-order chi connectivity index (χ1) is 25.3. The SMILES string of the molecule is Cc1c(COc2cc(OCc3cncc(C#N)c3)c(CNC(CO)C(=O)O)cc2Cl)cccc1-c1ccnc(NCCCCN2CCCC2)c1C=N. The molecule has 1 aliphatic heterocycles. The molecule has 12 nitrogen and oxygen atoms in total. The number of aliphatic hydroxyl groups excluding tert-OH is 1. The molecule has 0 spiro atoms. The van der Waals surface area contributed by atoms with Crippen LogP contribution < -0.4 is 20.1 Å². The molecule has 4 aromatic rings. The van der Waals surface area contributed by atoms with E-state index in [-0.39, 0.29) is 19.8 Å². The number of nitrogens with zero attached hydrogens (tertiary/aromatic N) is 4. The van der Waals surface area contributed by atoms with Gasteiger partial charge in [-0.25, -0.2) is 4.98 Å². The Morgan fingerprint density at radius 2 is 1.90 bits per heavy atom. The molecule has 2 aromatic heterocycles. The Bertz CT molecular complexity index is 1890. The number of carbonyl (C=O) groups is 1. The minimum atomic E-state index is -1.19. The number of aliphatic hydroxyl groups is 1. The van der Waals surface area contributed by atoms with Crippen molar-refractivity contribution in [3.8, 4) is 28.7 Å². The summed E-state index contributed by atoms with van der Waals surface area (Å²) in [7, 11) is 0. The molecule has 1 atom stereocenters. The molecule has 0 radical (unpaired) electrons. The van der Waals surface area contributed by atoms with E-state index in [9.17, 15) is 20.3 Å². The highest BCUT2D eigenvalue weighted by atomic mass is 35.5. The molecule has 1 unspecified atom stereocenters. The fraction of sp³-hybridized carbons (Fsp3) is 0.359. The molecule has 0 amide bonds. The first kappa shape index (κ1) is 38.2. The second-order valence-corrected chi connectivity index (χ2v) is 13.1. The van der Waals surface area contributed by atoms with E-state index in [0.29, 0.717) is 39.0 Å². The molecule has 3 heterocycles. The van der Waals surface area contributed by atoms with Crippen LogP contribution in [0.25, 0.3) is 11.1 Å². The number of likely N-dealkylation sites (tertiary alicyclic amines) is 1. The first-order valence-electron chi connectivity index (χ1n) is 17.3. The Balaban J connectivity index is 1.32. The second-order valence-electron chi connectivity index (χ2n) is 12.7. The number of rotatable bonds is 19. The zero-order valence-electron chi connectivity index (χ0n) is 29.2. The van der Waals surface area contributed by atoms with Crippen LogP contribution >= 0.6 is 11.6 Å². The standard InChI is InChI=1S/C39H44ClN7O5/c1-26-29(7-6-8-31(26)32-9-11-45-38(33(32)19-42)44-10-2-3-12-47-13-4-5-14-47)25-52-37-17-36(51-24-28-15-27(18-41)20-43-21-28)30(16-34(37)40)22-46-35(23-48)39(49)50/h6-9,11,15-17,19-21,35,42,46,48H,2-5,10,12-14,22-25H2,1H3,(H,44,45)(H,49,50). The van der Waals surface area contributed by atoms with E-state index < -0.39 is 18.6 Å². The van der Waals surface area contributed by atoms with Gasteiger partial charge in [0.1, 0.15) is 42.6 Å². The number of ether oxygens (including phenoxy) is 2. The Hall–Kier alpha value is -5.06. The summed E-state index contributed by atoms with van der Waals surface area (Å²) in [4.78, 5) is 22.7. The molecule has 1 fully saturated rings. The molecular formula is C39H44ClN7O5. The normalized spacial score (nSPS) is 13.3. The average Bonchev–Trinajstić information content (AvgIpc) is 3.68. The number of carboxylic acids is 1. The summed E-state index contributed by atoms with van der Waals surface area (Å²) in [6, 6.07) is 13.7. The summed E-state index contributed by atoms with van der Waals surface area (Å²) in [6.07, 6.45) is 10.9. The van der Waals surface area contributed by atoms with Gasteiger partial charge < -0.3 is 35.3 Å². The molecule has 0 bridgehead atoms. The molecule has 0 saturated carbocycles. The molecule has 52 heavy (non-hydrogen) atoms. The first-order valence-corrected chi connectivity index (χ1v) is 17.7. The Morgan fingerprint density at radius 3 is 2.65 bits per heavy atom. The maximum Gasteiger partial charge on any atom is 0.323 e. The number of benzene rings is 2. The van der Waals surface area contributed by atoms with Crippen LogP contribution in [0.1, 0.15) is 59.1 Å². The summed E-state index contributed by atoms with van der Waals surface area (Å²) in [5.41, 5.74) is 6.08. The lowest BCUT2D eigenvalue weighted by Crippen LogP contribution is -2.39. The van der Waals surface area contributed by atoms with Crippen molar-refractivity contribution in [2.75, 3.05) is 38.1 Å². The number of hydrogen-bond acceptors (Lipinski definition) is 11. The van der Waals surface area contributed by atoms with Crippen molar-refractivity contribution in [2.24, 2.45) is 0 Å². The molecule has 2 aromatic carbocycles. The predicted molar refractivity (Wildman–Crippen MR) is 200 cm³/mol. The molecule has 272 valence electrons. The highest BCUT2D eigenvalue weighted by Gasteiger charge is 2.19. The van der Waals surface area contributed by atoms with Crippen molar-refractivity contribution in [1.82, 2.24) is 20.2 Å². The maximum atomic E-state index is 11.5. The van der Waals surface area contributed by atoms with Crippen LogP contribution in [0.3, 0.4) is 0 Å². The largest absolute Gasteiger partial charge is 0.488 e. The third-order valence-electron chi connectivity index (χ3n) is 9.10. The minimum Gasteiger partial charge on any atom is -0.488 e. The lowest BCUT2D eigenvalue weighted by atomic mass is 9.94. The topological polar surface area (TPSA) is 177 Å². The Labute approximate surface area is 308 Å². The summed E-state index contributed by atoms with van der Waals surface area (Å²) >= 11 is 6.69. The van der Waals surface area contributed by atoms with Gasteiger partial charge in [0, 0.05) is 60.7 Å². The third-order valence-corrected chi connectivity index (χ3v) is 9.39. The highest BCUT2D eigenvalue weighted by Crippen LogP contribution is 2.35. The van der Waals surface area contributed by atoms with Crippen LogP contribution in [0.4, 0.5) is 5.82 Å². The molecule has 5 N–H and O–H groups in total. The van der Waals surface area contributed by atoms with Gasteiger partial charge in [-0.2, -0.15) is 5.26 Å². The number of hydrogen-bond donors (Lipinski definition) is 5. The van der Waals surface area contributed by atoms with Crippen LogP contribution in [0.2, 0.25) is 5.02 Å². The number of carboxylic acid groups (broad SMARTS) is 1. The molecular weight excluding hydrogens is 682 g/mol. The molecule has 1 saturated heterocycles. The number of aromatic nitrogens is 2. The van der Waals surface area contributed by atoms with Crippen LogP contribution in [0, 0.1) is 23.7 Å². The van der Waals surface area contributed by atoms with Gasteiger partial charge in [-0.3, -0.25) is 15.1 Å². The van der Waals surface area contributed by atoms with Crippen molar-refractivity contribution < 1.29 is 24.5 Å². The predicted octanol–water partition coefficient (Wildman–Crippen LogP) is 5.96. The van der Waals surface area contributed by atoms with E-state index >= 15 is 0 Å². The zero-order valence-corrected chi connectivity index (χ0v) is 30.0. The van der Waals surface area contributed by atoms with E-state index in [2.05, 4.69) is 31.6 Å². The fourth-order valence-corrected chi connectivity index (χ4v) is 6.41. The van der Waals surface area contributed by atoms with Gasteiger partial charge in [0.25, 0.3) is 0 Å². The number of unbranched alkanes of at least 4 members (excludes halogenated alkanes) is 1. The third kappa shape index (κ3) is 10.0. The Morgan fingerprint density at radius 1 is 1.10 bits per heavy atom. The van der Waals surface area contributed by atoms with E-state index in [0.717, 1.165) is 53.7 Å². The van der Waals surface area contributed by atoms with Crippen LogP contribution in [0.15, 0.2) is 61.1 Å². The number of nitrogens with one attached hydrogen (secondary N) is 3. The number of pyridine rings is 2. The highest BCUT2D eigenvalue weighted by molar-refractivity contribution is 6.32. The van der Waals surface area contributed by atoms with Gasteiger partial charge in [0.05, 0.1) is 17.2 Å². The van der Waals surface area contributed by atoms with Gasteiger partial charge in [0.2, 0.25) is 0 Å². The van der Waals surface area contributed by atoms with Gasteiger partial charge in [0.15, 0.2) is 0 Å². The second kappa shape index (κ2) is 19.0. The quantitative estimate of drug-likeness (QED) is 0.0570. The molecule has 13 heteroatoms. The average molecular weight is 726 g/mol. The molecule has 0 aliphatic carbocycles. The number of nitriles is 1. The van der Waals surface area contributed by atoms with Crippen molar-refractivity contribution in [1.29, 1.82) is 10.7 Å². The van der Waals surface area contributed by atoms with Crippen molar-refractivity contribution in [2.45, 2.75) is 58.4 Å². The Kier molecular flexibility index (Phi) is 13.9. The maximum absolute atomic E-state index is 11.5. The summed E-state index contributed by atoms with van der Waals surface area (Å²) in [6.45, 7) is 6.03. The number of halogens is 1. The fourth-order valence-electron chi connectivity index (χ4n) is 6.17. The summed E-state index contributed by atoms with van der Waals surface area (Å²) < 4.78 is 12.4. The van der Waals surface area contributed by atoms with E-state index in [1.807, 2.05) is 31.2 Å². The summed E-state index contributed by atoms with van der Waals surface area (Å²) in [5, 5.41) is 42.9. The van der Waals surface area contributed by atoms with Crippen molar-refractivity contribution in [3.63, 3.8) is 0 Å². The van der Waals surface area contributed by atoms with Gasteiger partial charge in [-0.15, -0.1) is 0 Å². The number of anilines is 1. The van der Waals surface area contributed by atoms with Gasteiger partial charge in [-0.05, 0) is 92.7 Å². The lowest BCUT2D eigenvalue weighted by molar-refractivity contribution is -0.140. The van der Waals surface area contributed by atoms with Crippen LogP contribution in [0.5, 0.6) is 11.5 Å².